The lowest BCUT2D eigenvalue weighted by atomic mass is 10.0. The van der Waals surface area contributed by atoms with Gasteiger partial charge in [0.1, 0.15) is 23.8 Å². The van der Waals surface area contributed by atoms with Crippen LogP contribution in [0.2, 0.25) is 0 Å². The van der Waals surface area contributed by atoms with Crippen LogP contribution in [-0.4, -0.2) is 27.8 Å². The van der Waals surface area contributed by atoms with Crippen LogP contribution in [0.15, 0.2) is 88.0 Å². The van der Waals surface area contributed by atoms with E-state index in [0.29, 0.717) is 43.4 Å². The van der Waals surface area contributed by atoms with E-state index in [2.05, 4.69) is 4.98 Å². The van der Waals surface area contributed by atoms with Crippen LogP contribution in [0.3, 0.4) is 0 Å². The average Bonchev–Trinajstić information content (AvgIpc) is 3.68. The number of oxazole rings is 1. The minimum atomic E-state index is -0.236. The highest BCUT2D eigenvalue weighted by Crippen LogP contribution is 2.25. The standard InChI is InChI=1S/C29H27N3O5/c1-20-25(30-29(37-20)26-9-6-16-35-26)19-36-24-13-10-21(11-14-24)17-32-18-23(12-15-27(33)34-2)28(31-32)22-7-4-3-5-8-22/h3-11,13-14,16,18H,12,15,17,19H2,1-2H3. The van der Waals surface area contributed by atoms with E-state index in [1.807, 2.05) is 72.4 Å². The number of carbonyl (C=O) groups is 1. The third-order valence-electron chi connectivity index (χ3n) is 5.98. The smallest absolute Gasteiger partial charge is 0.305 e. The fourth-order valence-corrected chi connectivity index (χ4v) is 4.00. The molecule has 0 aliphatic carbocycles. The predicted molar refractivity (Wildman–Crippen MR) is 137 cm³/mol. The number of rotatable bonds is 10. The zero-order valence-corrected chi connectivity index (χ0v) is 20.7. The van der Waals surface area contributed by atoms with E-state index < -0.39 is 0 Å². The minimum Gasteiger partial charge on any atom is -0.487 e. The highest BCUT2D eigenvalue weighted by molar-refractivity contribution is 5.70. The number of benzene rings is 2. The Kier molecular flexibility index (Phi) is 7.16. The Morgan fingerprint density at radius 1 is 1.03 bits per heavy atom. The summed E-state index contributed by atoms with van der Waals surface area (Å²) in [6.07, 6.45) is 4.45. The molecule has 188 valence electrons. The van der Waals surface area contributed by atoms with Crippen LogP contribution < -0.4 is 4.74 Å². The van der Waals surface area contributed by atoms with Gasteiger partial charge in [0.25, 0.3) is 5.89 Å². The summed E-state index contributed by atoms with van der Waals surface area (Å²) in [5, 5.41) is 4.82. The van der Waals surface area contributed by atoms with Crippen molar-refractivity contribution in [3.05, 3.63) is 102 Å². The first-order valence-corrected chi connectivity index (χ1v) is 12.0. The van der Waals surface area contributed by atoms with Gasteiger partial charge in [0.05, 0.1) is 25.6 Å². The van der Waals surface area contributed by atoms with E-state index in [1.54, 1.807) is 18.4 Å². The Hall–Kier alpha value is -4.59. The first kappa shape index (κ1) is 24.1. The van der Waals surface area contributed by atoms with Crippen molar-refractivity contribution >= 4 is 5.97 Å². The van der Waals surface area contributed by atoms with Crippen molar-refractivity contribution in [1.82, 2.24) is 14.8 Å². The van der Waals surface area contributed by atoms with E-state index >= 15 is 0 Å². The van der Waals surface area contributed by atoms with E-state index in [4.69, 9.17) is 23.4 Å². The van der Waals surface area contributed by atoms with Crippen LogP contribution in [0.1, 0.15) is 29.0 Å². The molecule has 0 fully saturated rings. The number of aromatic nitrogens is 3. The normalized spacial score (nSPS) is 11.0. The molecule has 0 spiro atoms. The molecule has 0 radical (unpaired) electrons. The molecule has 37 heavy (non-hydrogen) atoms. The number of aryl methyl sites for hydroxylation is 2. The molecule has 0 unspecified atom stereocenters. The van der Waals surface area contributed by atoms with Gasteiger partial charge in [-0.05, 0) is 48.7 Å². The van der Waals surface area contributed by atoms with E-state index in [1.165, 1.54) is 7.11 Å². The van der Waals surface area contributed by atoms with Gasteiger partial charge in [0.2, 0.25) is 0 Å². The van der Waals surface area contributed by atoms with Gasteiger partial charge in [-0.2, -0.15) is 5.10 Å². The maximum absolute atomic E-state index is 11.7. The summed E-state index contributed by atoms with van der Waals surface area (Å²) in [5.74, 6) is 2.21. The van der Waals surface area contributed by atoms with Gasteiger partial charge >= 0.3 is 5.97 Å². The third-order valence-corrected chi connectivity index (χ3v) is 5.98. The van der Waals surface area contributed by atoms with Crippen LogP contribution in [0.4, 0.5) is 0 Å². The van der Waals surface area contributed by atoms with Crippen molar-refractivity contribution in [1.29, 1.82) is 0 Å². The summed E-state index contributed by atoms with van der Waals surface area (Å²) in [6.45, 7) is 2.74. The number of carbonyl (C=O) groups excluding carboxylic acids is 1. The average molecular weight is 498 g/mol. The van der Waals surface area contributed by atoms with Gasteiger partial charge in [-0.1, -0.05) is 42.5 Å². The lowest BCUT2D eigenvalue weighted by Gasteiger charge is -2.06. The quantitative estimate of drug-likeness (QED) is 0.224. The molecule has 0 saturated heterocycles. The molecule has 8 nitrogen and oxygen atoms in total. The molecule has 5 rings (SSSR count). The summed E-state index contributed by atoms with van der Waals surface area (Å²) in [5.41, 5.74) is 4.70. The van der Waals surface area contributed by atoms with Gasteiger partial charge in [-0.25, -0.2) is 4.98 Å². The molecule has 0 N–H and O–H groups in total. The Labute approximate surface area is 214 Å². The molecule has 0 aliphatic heterocycles. The topological polar surface area (TPSA) is 92.5 Å². The Morgan fingerprint density at radius 3 is 2.57 bits per heavy atom. The predicted octanol–water partition coefficient (Wildman–Crippen LogP) is 5.84. The van der Waals surface area contributed by atoms with Crippen molar-refractivity contribution in [2.75, 3.05) is 7.11 Å². The molecule has 8 heteroatoms. The van der Waals surface area contributed by atoms with Crippen molar-refractivity contribution in [3.63, 3.8) is 0 Å². The molecular weight excluding hydrogens is 470 g/mol. The molecule has 3 heterocycles. The number of ether oxygens (including phenoxy) is 2. The Balaban J connectivity index is 1.25. The molecule has 0 amide bonds. The molecule has 3 aromatic heterocycles. The first-order valence-electron chi connectivity index (χ1n) is 12.0. The molecular formula is C29H27N3O5. The van der Waals surface area contributed by atoms with Gasteiger partial charge in [0, 0.05) is 18.2 Å². The highest BCUT2D eigenvalue weighted by atomic mass is 16.5. The van der Waals surface area contributed by atoms with Crippen molar-refractivity contribution in [2.24, 2.45) is 0 Å². The largest absolute Gasteiger partial charge is 0.487 e. The molecule has 0 saturated carbocycles. The zero-order valence-electron chi connectivity index (χ0n) is 20.7. The SMILES string of the molecule is COC(=O)CCc1cn(Cc2ccc(OCc3nc(-c4ccco4)oc3C)cc2)nc1-c1ccccc1. The fraction of sp³-hybridized carbons (Fsp3) is 0.207. The Morgan fingerprint density at radius 2 is 1.84 bits per heavy atom. The molecule has 5 aromatic rings. The summed E-state index contributed by atoms with van der Waals surface area (Å²) in [7, 11) is 1.41. The van der Waals surface area contributed by atoms with Crippen LogP contribution in [0.25, 0.3) is 22.9 Å². The van der Waals surface area contributed by atoms with Gasteiger partial charge in [0.15, 0.2) is 5.76 Å². The van der Waals surface area contributed by atoms with Crippen LogP contribution in [0.5, 0.6) is 5.75 Å². The van der Waals surface area contributed by atoms with E-state index in [-0.39, 0.29) is 5.97 Å². The lowest BCUT2D eigenvalue weighted by molar-refractivity contribution is -0.140. The number of hydrogen-bond acceptors (Lipinski definition) is 7. The van der Waals surface area contributed by atoms with Crippen molar-refractivity contribution < 1.29 is 23.1 Å². The molecule has 0 aliphatic rings. The van der Waals surface area contributed by atoms with Gasteiger partial charge in [-0.3, -0.25) is 9.48 Å². The molecule has 2 aromatic carbocycles. The maximum Gasteiger partial charge on any atom is 0.305 e. The summed E-state index contributed by atoms with van der Waals surface area (Å²) >= 11 is 0. The van der Waals surface area contributed by atoms with E-state index in [9.17, 15) is 4.79 Å². The number of hydrogen-bond donors (Lipinski definition) is 0. The first-order chi connectivity index (χ1) is 18.1. The second-order valence-electron chi connectivity index (χ2n) is 8.57. The van der Waals surface area contributed by atoms with Crippen LogP contribution >= 0.6 is 0 Å². The third kappa shape index (κ3) is 5.81. The summed E-state index contributed by atoms with van der Waals surface area (Å²) in [4.78, 5) is 16.2. The number of esters is 1. The van der Waals surface area contributed by atoms with Gasteiger partial charge < -0.3 is 18.3 Å². The second-order valence-corrected chi connectivity index (χ2v) is 8.57. The van der Waals surface area contributed by atoms with Crippen LogP contribution in [0, 0.1) is 6.92 Å². The number of methoxy groups -OCH3 is 1. The second kappa shape index (κ2) is 11.0. The molecule has 0 atom stereocenters. The zero-order chi connectivity index (χ0) is 25.6. The lowest BCUT2D eigenvalue weighted by Crippen LogP contribution is -2.02. The monoisotopic (exact) mass is 497 g/mol. The maximum atomic E-state index is 11.7. The van der Waals surface area contributed by atoms with E-state index in [0.717, 1.165) is 33.8 Å². The highest BCUT2D eigenvalue weighted by Gasteiger charge is 2.15. The summed E-state index contributed by atoms with van der Waals surface area (Å²) in [6, 6.07) is 21.5. The number of nitrogens with zero attached hydrogens (tertiary/aromatic N) is 3. The van der Waals surface area contributed by atoms with Gasteiger partial charge in [-0.15, -0.1) is 0 Å². The van der Waals surface area contributed by atoms with Crippen molar-refractivity contribution in [2.45, 2.75) is 32.9 Å². The van der Waals surface area contributed by atoms with Crippen LogP contribution in [-0.2, 0) is 29.1 Å². The summed E-state index contributed by atoms with van der Waals surface area (Å²) < 4.78 is 23.7. The van der Waals surface area contributed by atoms with Crippen molar-refractivity contribution in [3.8, 4) is 28.7 Å². The molecule has 0 bridgehead atoms. The minimum absolute atomic E-state index is 0.236. The number of furan rings is 1. The fourth-order valence-electron chi connectivity index (χ4n) is 4.00. The Bertz CT molecular complexity index is 1450.